The van der Waals surface area contributed by atoms with E-state index in [1.54, 1.807) is 25.4 Å². The van der Waals surface area contributed by atoms with E-state index in [0.717, 1.165) is 5.69 Å². The van der Waals surface area contributed by atoms with E-state index in [9.17, 15) is 4.79 Å². The van der Waals surface area contributed by atoms with E-state index in [-0.39, 0.29) is 5.69 Å². The maximum atomic E-state index is 11.7. The first kappa shape index (κ1) is 12.8. The van der Waals surface area contributed by atoms with Crippen molar-refractivity contribution in [2.75, 3.05) is 17.7 Å². The monoisotopic (exact) mass is 258 g/mol. The van der Waals surface area contributed by atoms with E-state index in [0.29, 0.717) is 18.0 Å². The van der Waals surface area contributed by atoms with Crippen LogP contribution in [0.2, 0.25) is 0 Å². The second-order valence-corrected chi connectivity index (χ2v) is 3.71. The molecule has 2 heterocycles. The molecule has 0 fully saturated rings. The molecular formula is C13H14N4O2. The molecule has 98 valence electrons. The molecule has 6 heteroatoms. The van der Waals surface area contributed by atoms with Gasteiger partial charge in [-0.15, -0.1) is 0 Å². The fourth-order valence-corrected chi connectivity index (χ4v) is 1.53. The number of hydrogen-bond acceptors (Lipinski definition) is 6. The number of ether oxygens (including phenoxy) is 1. The number of carbonyl (C=O) groups excluding carboxylic acids is 1. The molecule has 0 atom stereocenters. The summed E-state index contributed by atoms with van der Waals surface area (Å²) in [5.41, 5.74) is 7.20. The van der Waals surface area contributed by atoms with Gasteiger partial charge in [0, 0.05) is 12.4 Å². The summed E-state index contributed by atoms with van der Waals surface area (Å²) in [5.74, 6) is -0.0600. The molecule has 3 N–H and O–H groups in total. The van der Waals surface area contributed by atoms with Gasteiger partial charge in [0.05, 0.1) is 29.7 Å². The first-order chi connectivity index (χ1) is 9.22. The van der Waals surface area contributed by atoms with Crippen molar-refractivity contribution in [3.8, 4) is 0 Å². The van der Waals surface area contributed by atoms with Crippen LogP contribution in [0.5, 0.6) is 0 Å². The molecule has 0 spiro atoms. The second-order valence-electron chi connectivity index (χ2n) is 3.71. The lowest BCUT2D eigenvalue weighted by atomic mass is 10.2. The zero-order valence-corrected chi connectivity index (χ0v) is 10.5. The number of hydrogen-bond donors (Lipinski definition) is 2. The molecule has 0 bridgehead atoms. The van der Waals surface area contributed by atoms with Gasteiger partial charge in [0.25, 0.3) is 0 Å². The van der Waals surface area contributed by atoms with Crippen LogP contribution in [0.1, 0.15) is 17.3 Å². The van der Waals surface area contributed by atoms with Gasteiger partial charge in [-0.1, -0.05) is 0 Å². The first-order valence-electron chi connectivity index (χ1n) is 5.81. The Balaban J connectivity index is 2.27. The topological polar surface area (TPSA) is 90.1 Å². The van der Waals surface area contributed by atoms with Crippen LogP contribution in [0.4, 0.5) is 17.2 Å². The number of nitrogen functional groups attached to an aromatic ring is 1. The van der Waals surface area contributed by atoms with Gasteiger partial charge in [-0.05, 0) is 25.1 Å². The van der Waals surface area contributed by atoms with Crippen molar-refractivity contribution in [3.05, 3.63) is 42.4 Å². The predicted molar refractivity (Wildman–Crippen MR) is 72.1 cm³/mol. The molecule has 0 saturated carbocycles. The Hall–Kier alpha value is -2.63. The van der Waals surface area contributed by atoms with Crippen LogP contribution in [0.3, 0.4) is 0 Å². The van der Waals surface area contributed by atoms with Gasteiger partial charge in [0.15, 0.2) is 5.82 Å². The quantitative estimate of drug-likeness (QED) is 0.815. The summed E-state index contributed by atoms with van der Waals surface area (Å²) in [5, 5.41) is 3.00. The average molecular weight is 258 g/mol. The summed E-state index contributed by atoms with van der Waals surface area (Å²) in [4.78, 5) is 19.8. The van der Waals surface area contributed by atoms with Crippen LogP contribution in [0.15, 0.2) is 36.8 Å². The molecular weight excluding hydrogens is 244 g/mol. The van der Waals surface area contributed by atoms with Crippen molar-refractivity contribution in [1.82, 2.24) is 9.97 Å². The van der Waals surface area contributed by atoms with E-state index in [1.807, 2.05) is 6.07 Å². The van der Waals surface area contributed by atoms with E-state index in [4.69, 9.17) is 10.5 Å². The Labute approximate surface area is 110 Å². The number of carbonyl (C=O) groups is 1. The summed E-state index contributed by atoms with van der Waals surface area (Å²) >= 11 is 0. The second kappa shape index (κ2) is 5.81. The number of nitrogens with two attached hydrogens (primary N) is 1. The van der Waals surface area contributed by atoms with Gasteiger partial charge in [0.2, 0.25) is 0 Å². The summed E-state index contributed by atoms with van der Waals surface area (Å²) in [7, 11) is 0. The Kier molecular flexibility index (Phi) is 3.92. The average Bonchev–Trinajstić information content (AvgIpc) is 2.42. The summed E-state index contributed by atoms with van der Waals surface area (Å²) in [6, 6.07) is 5.14. The van der Waals surface area contributed by atoms with Crippen LogP contribution in [-0.4, -0.2) is 22.5 Å². The van der Waals surface area contributed by atoms with Gasteiger partial charge in [-0.3, -0.25) is 4.98 Å². The molecule has 0 unspecified atom stereocenters. The molecule has 0 aliphatic rings. The minimum atomic E-state index is -0.461. The van der Waals surface area contributed by atoms with Crippen LogP contribution in [0.25, 0.3) is 0 Å². The molecule has 0 aliphatic heterocycles. The highest BCUT2D eigenvalue weighted by atomic mass is 16.5. The summed E-state index contributed by atoms with van der Waals surface area (Å²) in [6.07, 6.45) is 4.80. The van der Waals surface area contributed by atoms with Crippen molar-refractivity contribution in [2.24, 2.45) is 0 Å². The summed E-state index contributed by atoms with van der Waals surface area (Å²) < 4.78 is 4.93. The van der Waals surface area contributed by atoms with Crippen molar-refractivity contribution in [1.29, 1.82) is 0 Å². The standard InChI is InChI=1S/C13H14N4O2/c1-2-19-13(18)10-5-7-16-12(11(10)14)17-9-4-3-6-15-8-9/h3-8H,2,14H2,1H3,(H,16,17). The highest BCUT2D eigenvalue weighted by Gasteiger charge is 2.14. The number of rotatable bonds is 4. The number of pyridine rings is 2. The highest BCUT2D eigenvalue weighted by molar-refractivity contribution is 5.97. The lowest BCUT2D eigenvalue weighted by molar-refractivity contribution is 0.0527. The van der Waals surface area contributed by atoms with Crippen molar-refractivity contribution < 1.29 is 9.53 Å². The Morgan fingerprint density at radius 2 is 2.26 bits per heavy atom. The SMILES string of the molecule is CCOC(=O)c1ccnc(Nc2cccnc2)c1N. The van der Waals surface area contributed by atoms with Gasteiger partial charge < -0.3 is 15.8 Å². The first-order valence-corrected chi connectivity index (χ1v) is 5.81. The maximum absolute atomic E-state index is 11.7. The van der Waals surface area contributed by atoms with Crippen LogP contribution < -0.4 is 11.1 Å². The molecule has 19 heavy (non-hydrogen) atoms. The Bertz CT molecular complexity index is 572. The van der Waals surface area contributed by atoms with Crippen molar-refractivity contribution in [2.45, 2.75) is 6.92 Å². The fourth-order valence-electron chi connectivity index (χ4n) is 1.53. The third-order valence-corrected chi connectivity index (χ3v) is 2.41. The number of nitrogens with zero attached hydrogens (tertiary/aromatic N) is 2. The minimum absolute atomic E-state index is 0.254. The molecule has 2 aromatic heterocycles. The molecule has 0 amide bonds. The van der Waals surface area contributed by atoms with Crippen molar-refractivity contribution in [3.63, 3.8) is 0 Å². The molecule has 6 nitrogen and oxygen atoms in total. The van der Waals surface area contributed by atoms with E-state index in [1.165, 1.54) is 12.3 Å². The van der Waals surface area contributed by atoms with Crippen molar-refractivity contribution >= 4 is 23.2 Å². The minimum Gasteiger partial charge on any atom is -0.462 e. The van der Waals surface area contributed by atoms with Crippen LogP contribution in [-0.2, 0) is 4.74 Å². The summed E-state index contributed by atoms with van der Waals surface area (Å²) in [6.45, 7) is 2.04. The van der Waals surface area contributed by atoms with Gasteiger partial charge >= 0.3 is 5.97 Å². The number of esters is 1. The Morgan fingerprint density at radius 1 is 1.42 bits per heavy atom. The molecule has 0 saturated heterocycles. The molecule has 2 rings (SSSR count). The highest BCUT2D eigenvalue weighted by Crippen LogP contribution is 2.23. The number of nitrogens with one attached hydrogen (secondary N) is 1. The number of aromatic nitrogens is 2. The molecule has 0 aromatic carbocycles. The van der Waals surface area contributed by atoms with E-state index >= 15 is 0 Å². The maximum Gasteiger partial charge on any atom is 0.340 e. The lowest BCUT2D eigenvalue weighted by Crippen LogP contribution is -2.10. The van der Waals surface area contributed by atoms with Crippen LogP contribution in [0, 0.1) is 0 Å². The van der Waals surface area contributed by atoms with Gasteiger partial charge in [0.1, 0.15) is 0 Å². The normalized spacial score (nSPS) is 9.95. The molecule has 2 aromatic rings. The Morgan fingerprint density at radius 3 is 2.95 bits per heavy atom. The fraction of sp³-hybridized carbons (Fsp3) is 0.154. The largest absolute Gasteiger partial charge is 0.462 e. The zero-order valence-electron chi connectivity index (χ0n) is 10.5. The van der Waals surface area contributed by atoms with Gasteiger partial charge in [-0.25, -0.2) is 9.78 Å². The van der Waals surface area contributed by atoms with E-state index < -0.39 is 5.97 Å². The molecule has 0 aliphatic carbocycles. The molecule has 0 radical (unpaired) electrons. The predicted octanol–water partition coefficient (Wildman–Crippen LogP) is 1.98. The smallest absolute Gasteiger partial charge is 0.340 e. The lowest BCUT2D eigenvalue weighted by Gasteiger charge is -2.10. The third-order valence-electron chi connectivity index (χ3n) is 2.41. The van der Waals surface area contributed by atoms with E-state index in [2.05, 4.69) is 15.3 Å². The zero-order chi connectivity index (χ0) is 13.7. The number of anilines is 3. The third kappa shape index (κ3) is 2.98. The van der Waals surface area contributed by atoms with Gasteiger partial charge in [-0.2, -0.15) is 0 Å². The van der Waals surface area contributed by atoms with Crippen LogP contribution >= 0.6 is 0 Å².